The maximum Gasteiger partial charge on any atom is 0.335 e. The Bertz CT molecular complexity index is 1060. The lowest BCUT2D eigenvalue weighted by molar-refractivity contribution is 0.0697. The summed E-state index contributed by atoms with van der Waals surface area (Å²) in [4.78, 5) is 16.1. The summed E-state index contributed by atoms with van der Waals surface area (Å²) < 4.78 is 15.5. The highest BCUT2D eigenvalue weighted by atomic mass is 19.1. The van der Waals surface area contributed by atoms with Crippen molar-refractivity contribution < 1.29 is 14.3 Å². The zero-order chi connectivity index (χ0) is 20.8. The molecule has 0 bridgehead atoms. The summed E-state index contributed by atoms with van der Waals surface area (Å²) in [5.74, 6) is -0.0258. The van der Waals surface area contributed by atoms with Crippen molar-refractivity contribution in [2.45, 2.75) is 46.1 Å². The molecule has 5 nitrogen and oxygen atoms in total. The van der Waals surface area contributed by atoms with Crippen LogP contribution in [0.3, 0.4) is 0 Å². The molecule has 0 saturated heterocycles. The Balaban J connectivity index is 1.82. The summed E-state index contributed by atoms with van der Waals surface area (Å²) in [6.07, 6.45) is 3.23. The minimum atomic E-state index is -0.970. The fourth-order valence-corrected chi connectivity index (χ4v) is 4.84. The quantitative estimate of drug-likeness (QED) is 0.568. The van der Waals surface area contributed by atoms with Crippen LogP contribution in [0, 0.1) is 17.2 Å². The average Bonchev–Trinajstić information content (AvgIpc) is 2.98. The number of carboxylic acid groups (broad SMARTS) is 1. The molecule has 0 radical (unpaired) electrons. The van der Waals surface area contributed by atoms with Gasteiger partial charge < -0.3 is 15.0 Å². The number of imidazole rings is 1. The Hall–Kier alpha value is -2.89. The van der Waals surface area contributed by atoms with Gasteiger partial charge in [-0.3, -0.25) is 0 Å². The first kappa shape index (κ1) is 19.4. The predicted molar refractivity (Wildman–Crippen MR) is 112 cm³/mol. The van der Waals surface area contributed by atoms with Gasteiger partial charge in [0.2, 0.25) is 5.95 Å². The second-order valence-corrected chi connectivity index (χ2v) is 9.01. The van der Waals surface area contributed by atoms with Gasteiger partial charge in [0, 0.05) is 11.7 Å². The number of nitrogens with zero attached hydrogens (tertiary/aromatic N) is 2. The van der Waals surface area contributed by atoms with Gasteiger partial charge in [-0.1, -0.05) is 20.8 Å². The number of aromatic nitrogens is 2. The zero-order valence-electron chi connectivity index (χ0n) is 16.9. The van der Waals surface area contributed by atoms with Crippen LogP contribution in [0.15, 0.2) is 42.5 Å². The smallest absolute Gasteiger partial charge is 0.335 e. The molecule has 6 heteroatoms. The van der Waals surface area contributed by atoms with Crippen LogP contribution in [0.25, 0.3) is 11.0 Å². The van der Waals surface area contributed by atoms with Crippen LogP contribution in [0.1, 0.15) is 56.4 Å². The van der Waals surface area contributed by atoms with Crippen molar-refractivity contribution in [1.82, 2.24) is 9.55 Å². The van der Waals surface area contributed by atoms with Crippen molar-refractivity contribution in [1.29, 1.82) is 0 Å². The first-order valence-electron chi connectivity index (χ1n) is 10.00. The summed E-state index contributed by atoms with van der Waals surface area (Å²) in [6, 6.07) is 11.5. The standard InChI is InChI=1S/C23H26FN3O2/c1-14-10-18(13-23(2,3)12-14)27-20-9-4-15(21(28)29)11-19(20)26-22(27)25-17-7-5-16(24)6-8-17/h4-9,11,14,18H,10,12-13H2,1-3H3,(H,25,26)(H,28,29)/t14-,18+/m0/s1. The SMILES string of the molecule is C[C@H]1C[C@@H](n2c(Nc3ccc(F)cc3)nc3cc(C(=O)O)ccc32)CC(C)(C)C1. The molecule has 1 aliphatic carbocycles. The van der Waals surface area contributed by atoms with Crippen LogP contribution in [0.4, 0.5) is 16.0 Å². The van der Waals surface area contributed by atoms with Crippen LogP contribution < -0.4 is 5.32 Å². The molecule has 1 fully saturated rings. The molecule has 3 aromatic rings. The molecule has 29 heavy (non-hydrogen) atoms. The highest BCUT2D eigenvalue weighted by molar-refractivity contribution is 5.93. The van der Waals surface area contributed by atoms with Crippen LogP contribution in [-0.2, 0) is 0 Å². The molecule has 152 valence electrons. The van der Waals surface area contributed by atoms with Gasteiger partial charge in [-0.2, -0.15) is 0 Å². The molecule has 1 aromatic heterocycles. The second kappa shape index (κ2) is 7.17. The van der Waals surface area contributed by atoms with E-state index in [4.69, 9.17) is 4.98 Å². The molecule has 4 rings (SSSR count). The third-order valence-corrected chi connectivity index (χ3v) is 5.77. The van der Waals surface area contributed by atoms with Gasteiger partial charge in [-0.15, -0.1) is 0 Å². The molecule has 0 amide bonds. The van der Waals surface area contributed by atoms with Crippen LogP contribution in [0.2, 0.25) is 0 Å². The van der Waals surface area contributed by atoms with Crippen LogP contribution in [-0.4, -0.2) is 20.6 Å². The predicted octanol–water partition coefficient (Wildman–Crippen LogP) is 6.00. The van der Waals surface area contributed by atoms with Gasteiger partial charge in [0.05, 0.1) is 16.6 Å². The number of carbonyl (C=O) groups is 1. The molecule has 0 unspecified atom stereocenters. The molecule has 1 aliphatic rings. The highest BCUT2D eigenvalue weighted by Crippen LogP contribution is 2.46. The van der Waals surface area contributed by atoms with E-state index in [1.54, 1.807) is 24.3 Å². The van der Waals surface area contributed by atoms with Crippen LogP contribution >= 0.6 is 0 Å². The number of hydrogen-bond donors (Lipinski definition) is 2. The van der Waals surface area contributed by atoms with Gasteiger partial charge in [0.25, 0.3) is 0 Å². The third kappa shape index (κ3) is 3.97. The minimum absolute atomic E-state index is 0.215. The first-order chi connectivity index (χ1) is 13.7. The maximum absolute atomic E-state index is 13.3. The number of anilines is 2. The van der Waals surface area contributed by atoms with E-state index >= 15 is 0 Å². The van der Waals surface area contributed by atoms with Crippen molar-refractivity contribution in [3.63, 3.8) is 0 Å². The lowest BCUT2D eigenvalue weighted by Gasteiger charge is -2.40. The van der Waals surface area contributed by atoms with Crippen molar-refractivity contribution in [2.75, 3.05) is 5.32 Å². The number of carboxylic acids is 1. The van der Waals surface area contributed by atoms with Gasteiger partial charge in [0.1, 0.15) is 5.82 Å². The van der Waals surface area contributed by atoms with Gasteiger partial charge in [-0.25, -0.2) is 14.2 Å². The summed E-state index contributed by atoms with van der Waals surface area (Å²) >= 11 is 0. The van der Waals surface area contributed by atoms with E-state index in [9.17, 15) is 14.3 Å². The van der Waals surface area contributed by atoms with E-state index < -0.39 is 5.97 Å². The number of benzene rings is 2. The summed E-state index contributed by atoms with van der Waals surface area (Å²) in [5, 5.41) is 12.7. The zero-order valence-corrected chi connectivity index (χ0v) is 16.9. The second-order valence-electron chi connectivity index (χ2n) is 9.01. The Kier molecular flexibility index (Phi) is 4.81. The Labute approximate surface area is 169 Å². The monoisotopic (exact) mass is 395 g/mol. The number of nitrogens with one attached hydrogen (secondary N) is 1. The Morgan fingerprint density at radius 2 is 1.93 bits per heavy atom. The van der Waals surface area contributed by atoms with Crippen molar-refractivity contribution in [2.24, 2.45) is 11.3 Å². The number of rotatable bonds is 4. The number of hydrogen-bond acceptors (Lipinski definition) is 3. The molecule has 2 aromatic carbocycles. The highest BCUT2D eigenvalue weighted by Gasteiger charge is 2.34. The van der Waals surface area contributed by atoms with Crippen molar-refractivity contribution >= 4 is 28.6 Å². The van der Waals surface area contributed by atoms with E-state index in [0.29, 0.717) is 17.4 Å². The van der Waals surface area contributed by atoms with Gasteiger partial charge >= 0.3 is 5.97 Å². The van der Waals surface area contributed by atoms with Crippen molar-refractivity contribution in [3.8, 4) is 0 Å². The molecular weight excluding hydrogens is 369 g/mol. The molecular formula is C23H26FN3O2. The third-order valence-electron chi connectivity index (χ3n) is 5.77. The Morgan fingerprint density at radius 3 is 2.59 bits per heavy atom. The average molecular weight is 395 g/mol. The van der Waals surface area contributed by atoms with E-state index in [1.165, 1.54) is 18.6 Å². The van der Waals surface area contributed by atoms with E-state index in [1.807, 2.05) is 6.07 Å². The molecule has 1 heterocycles. The largest absolute Gasteiger partial charge is 0.478 e. The van der Waals surface area contributed by atoms with Gasteiger partial charge in [0.15, 0.2) is 0 Å². The van der Waals surface area contributed by atoms with E-state index in [0.717, 1.165) is 24.0 Å². The minimum Gasteiger partial charge on any atom is -0.478 e. The molecule has 1 saturated carbocycles. The van der Waals surface area contributed by atoms with Crippen LogP contribution in [0.5, 0.6) is 0 Å². The van der Waals surface area contributed by atoms with E-state index in [-0.39, 0.29) is 22.8 Å². The maximum atomic E-state index is 13.3. The van der Waals surface area contributed by atoms with E-state index in [2.05, 4.69) is 30.7 Å². The molecule has 0 aliphatic heterocycles. The number of aromatic carboxylic acids is 1. The lowest BCUT2D eigenvalue weighted by atomic mass is 9.70. The Morgan fingerprint density at radius 1 is 1.21 bits per heavy atom. The normalized spacial score (nSPS) is 21.2. The summed E-state index contributed by atoms with van der Waals surface area (Å²) in [6.45, 7) is 6.87. The lowest BCUT2D eigenvalue weighted by Crippen LogP contribution is -2.29. The number of fused-ring (bicyclic) bond motifs is 1. The molecule has 0 spiro atoms. The summed E-state index contributed by atoms with van der Waals surface area (Å²) in [5.41, 5.74) is 2.73. The summed E-state index contributed by atoms with van der Waals surface area (Å²) in [7, 11) is 0. The molecule has 2 N–H and O–H groups in total. The first-order valence-corrected chi connectivity index (χ1v) is 10.00. The fraction of sp³-hybridized carbons (Fsp3) is 0.391. The topological polar surface area (TPSA) is 67.2 Å². The number of halogens is 1. The van der Waals surface area contributed by atoms with Gasteiger partial charge in [-0.05, 0) is 73.1 Å². The fourth-order valence-electron chi connectivity index (χ4n) is 4.84. The van der Waals surface area contributed by atoms with Crippen molar-refractivity contribution in [3.05, 3.63) is 53.8 Å². The molecule has 2 atom stereocenters.